The summed E-state index contributed by atoms with van der Waals surface area (Å²) >= 11 is 0. The third-order valence-electron chi connectivity index (χ3n) is 3.36. The summed E-state index contributed by atoms with van der Waals surface area (Å²) in [6.07, 6.45) is -1.74. The molecule has 0 aliphatic heterocycles. The summed E-state index contributed by atoms with van der Waals surface area (Å²) in [5, 5.41) is 3.11. The van der Waals surface area contributed by atoms with E-state index in [2.05, 4.69) is 15.1 Å². The van der Waals surface area contributed by atoms with E-state index in [-0.39, 0.29) is 11.3 Å². The average molecular weight is 371 g/mol. The number of nitrogens with one attached hydrogen (secondary N) is 1. The van der Waals surface area contributed by atoms with Crippen LogP contribution in [0.4, 0.5) is 18.9 Å². The molecule has 1 aromatic carbocycles. The number of sulfonamides is 1. The van der Waals surface area contributed by atoms with E-state index < -0.39 is 32.6 Å². The number of rotatable bonds is 3. The molecule has 132 valence electrons. The predicted octanol–water partition coefficient (Wildman–Crippen LogP) is 2.56. The maximum Gasteiger partial charge on any atom is 0.418 e. The molecule has 2 aromatic heterocycles. The fourth-order valence-corrected chi connectivity index (χ4v) is 3.22. The maximum atomic E-state index is 13.1. The molecular weight excluding hydrogens is 359 g/mol. The van der Waals surface area contributed by atoms with E-state index >= 15 is 0 Å². The van der Waals surface area contributed by atoms with Gasteiger partial charge in [0.2, 0.25) is 0 Å². The fourth-order valence-electron chi connectivity index (χ4n) is 2.19. The number of hydrogen-bond acceptors (Lipinski definition) is 5. The van der Waals surface area contributed by atoms with Gasteiger partial charge in [-0.3, -0.25) is 4.72 Å². The number of aromatic nitrogens is 4. The lowest BCUT2D eigenvalue weighted by atomic mass is 10.1. The molecule has 0 aliphatic carbocycles. The van der Waals surface area contributed by atoms with Crippen LogP contribution in [-0.4, -0.2) is 28.0 Å². The van der Waals surface area contributed by atoms with Crippen molar-refractivity contribution in [3.63, 3.8) is 0 Å². The SMILES string of the molecule is Cc1cnc2nc(S(=O)(=O)Nc3c(C)cccc3C(F)(F)F)nn2c1. The first kappa shape index (κ1) is 17.1. The van der Waals surface area contributed by atoms with E-state index in [0.717, 1.165) is 10.6 Å². The highest BCUT2D eigenvalue weighted by Gasteiger charge is 2.35. The van der Waals surface area contributed by atoms with Gasteiger partial charge in [0.25, 0.3) is 21.0 Å². The first-order valence-corrected chi connectivity index (χ1v) is 8.45. The van der Waals surface area contributed by atoms with Crippen molar-refractivity contribution in [2.45, 2.75) is 25.2 Å². The Hall–Kier alpha value is -2.69. The van der Waals surface area contributed by atoms with Crippen molar-refractivity contribution in [1.29, 1.82) is 0 Å². The molecule has 3 rings (SSSR count). The molecule has 0 spiro atoms. The van der Waals surface area contributed by atoms with E-state index in [9.17, 15) is 21.6 Å². The summed E-state index contributed by atoms with van der Waals surface area (Å²) in [6, 6.07) is 3.37. The van der Waals surface area contributed by atoms with Crippen LogP contribution in [0.3, 0.4) is 0 Å². The Morgan fingerprint density at radius 3 is 2.60 bits per heavy atom. The van der Waals surface area contributed by atoms with E-state index in [1.165, 1.54) is 31.5 Å². The smallest absolute Gasteiger partial charge is 0.276 e. The highest BCUT2D eigenvalue weighted by molar-refractivity contribution is 7.92. The first-order valence-electron chi connectivity index (χ1n) is 6.96. The van der Waals surface area contributed by atoms with E-state index in [1.54, 1.807) is 6.92 Å². The number of alkyl halides is 3. The summed E-state index contributed by atoms with van der Waals surface area (Å²) in [5.41, 5.74) is -0.810. The molecule has 25 heavy (non-hydrogen) atoms. The molecule has 11 heteroatoms. The second kappa shape index (κ2) is 5.69. The van der Waals surface area contributed by atoms with Crippen LogP contribution in [0.2, 0.25) is 0 Å². The summed E-state index contributed by atoms with van der Waals surface area (Å²) in [6.45, 7) is 3.10. The molecule has 0 saturated carbocycles. The molecule has 0 radical (unpaired) electrons. The normalized spacial score (nSPS) is 12.5. The van der Waals surface area contributed by atoms with E-state index in [1.807, 2.05) is 4.72 Å². The fraction of sp³-hybridized carbons (Fsp3) is 0.214. The number of anilines is 1. The van der Waals surface area contributed by atoms with Crippen LogP contribution in [0, 0.1) is 13.8 Å². The largest absolute Gasteiger partial charge is 0.418 e. The molecule has 0 atom stereocenters. The van der Waals surface area contributed by atoms with E-state index in [4.69, 9.17) is 0 Å². The Bertz CT molecular complexity index is 1060. The Kier molecular flexibility index (Phi) is 3.90. The zero-order valence-electron chi connectivity index (χ0n) is 13.0. The molecule has 0 amide bonds. The zero-order valence-corrected chi connectivity index (χ0v) is 13.9. The van der Waals surface area contributed by atoms with Gasteiger partial charge in [-0.05, 0) is 31.0 Å². The lowest BCUT2D eigenvalue weighted by Gasteiger charge is -2.15. The Morgan fingerprint density at radius 1 is 1.20 bits per heavy atom. The topological polar surface area (TPSA) is 89.2 Å². The van der Waals surface area contributed by atoms with Gasteiger partial charge in [0.05, 0.1) is 11.3 Å². The number of aryl methyl sites for hydroxylation is 2. The third kappa shape index (κ3) is 3.27. The van der Waals surface area contributed by atoms with Gasteiger partial charge in [-0.1, -0.05) is 12.1 Å². The quantitative estimate of drug-likeness (QED) is 0.764. The lowest BCUT2D eigenvalue weighted by molar-refractivity contribution is -0.136. The van der Waals surface area contributed by atoms with Crippen molar-refractivity contribution in [3.8, 4) is 0 Å². The predicted molar refractivity (Wildman–Crippen MR) is 82.5 cm³/mol. The second-order valence-electron chi connectivity index (χ2n) is 5.37. The molecule has 0 aliphatic rings. The maximum absolute atomic E-state index is 13.1. The highest BCUT2D eigenvalue weighted by atomic mass is 32.2. The van der Waals surface area contributed by atoms with Gasteiger partial charge in [-0.2, -0.15) is 26.6 Å². The van der Waals surface area contributed by atoms with Gasteiger partial charge in [0.15, 0.2) is 0 Å². The van der Waals surface area contributed by atoms with Crippen molar-refractivity contribution in [2.24, 2.45) is 0 Å². The number of hydrogen-bond donors (Lipinski definition) is 1. The summed E-state index contributed by atoms with van der Waals surface area (Å²) in [5.74, 6) is 0.0202. The summed E-state index contributed by atoms with van der Waals surface area (Å²) in [4.78, 5) is 7.67. The Morgan fingerprint density at radius 2 is 1.92 bits per heavy atom. The van der Waals surface area contributed by atoms with Crippen LogP contribution >= 0.6 is 0 Å². The molecule has 0 bridgehead atoms. The van der Waals surface area contributed by atoms with Gasteiger partial charge < -0.3 is 0 Å². The second-order valence-corrected chi connectivity index (χ2v) is 6.95. The lowest BCUT2D eigenvalue weighted by Crippen LogP contribution is -2.19. The molecule has 0 unspecified atom stereocenters. The molecule has 3 aromatic rings. The van der Waals surface area contributed by atoms with Crippen molar-refractivity contribution < 1.29 is 21.6 Å². The van der Waals surface area contributed by atoms with Crippen molar-refractivity contribution in [1.82, 2.24) is 19.6 Å². The molecule has 2 heterocycles. The van der Waals surface area contributed by atoms with Gasteiger partial charge in [-0.25, -0.2) is 9.50 Å². The number of benzene rings is 1. The molecule has 7 nitrogen and oxygen atoms in total. The highest BCUT2D eigenvalue weighted by Crippen LogP contribution is 2.37. The van der Waals surface area contributed by atoms with E-state index in [0.29, 0.717) is 5.56 Å². The van der Waals surface area contributed by atoms with Crippen LogP contribution in [-0.2, 0) is 16.2 Å². The minimum Gasteiger partial charge on any atom is -0.276 e. The minimum absolute atomic E-state index is 0.0202. The van der Waals surface area contributed by atoms with Gasteiger partial charge >= 0.3 is 6.18 Å². The number of para-hydroxylation sites is 1. The minimum atomic E-state index is -4.71. The summed E-state index contributed by atoms with van der Waals surface area (Å²) in [7, 11) is -4.43. The van der Waals surface area contributed by atoms with Gasteiger partial charge in [0.1, 0.15) is 0 Å². The Balaban J connectivity index is 2.07. The van der Waals surface area contributed by atoms with Crippen LogP contribution in [0.25, 0.3) is 5.78 Å². The number of nitrogens with zero attached hydrogens (tertiary/aromatic N) is 4. The van der Waals surface area contributed by atoms with Crippen LogP contribution in [0.15, 0.2) is 35.7 Å². The Labute approximate surface area is 140 Å². The van der Waals surface area contributed by atoms with Gasteiger partial charge in [0, 0.05) is 12.4 Å². The average Bonchev–Trinajstić information content (AvgIpc) is 2.92. The van der Waals surface area contributed by atoms with Crippen molar-refractivity contribution in [3.05, 3.63) is 47.3 Å². The number of halogens is 3. The molecule has 0 fully saturated rings. The standard InChI is InChI=1S/C14H12F3N5O2S/c1-8-6-18-12-19-13(20-22(12)7-8)25(23,24)21-11-9(2)4-3-5-10(11)14(15,16)17/h3-7,21H,1-2H3. The van der Waals surface area contributed by atoms with Crippen LogP contribution in [0.5, 0.6) is 0 Å². The monoisotopic (exact) mass is 371 g/mol. The number of fused-ring (bicyclic) bond motifs is 1. The third-order valence-corrected chi connectivity index (χ3v) is 4.48. The molecule has 0 saturated heterocycles. The molecular formula is C14H12F3N5O2S. The zero-order chi connectivity index (χ0) is 18.4. The molecule has 1 N–H and O–H groups in total. The van der Waals surface area contributed by atoms with Crippen molar-refractivity contribution >= 4 is 21.5 Å². The van der Waals surface area contributed by atoms with Crippen molar-refractivity contribution in [2.75, 3.05) is 4.72 Å². The first-order chi connectivity index (χ1) is 11.6. The van der Waals surface area contributed by atoms with Crippen LogP contribution in [0.1, 0.15) is 16.7 Å². The van der Waals surface area contributed by atoms with Crippen LogP contribution < -0.4 is 4.72 Å². The van der Waals surface area contributed by atoms with Gasteiger partial charge in [-0.15, -0.1) is 5.10 Å². The summed E-state index contributed by atoms with van der Waals surface area (Å²) < 4.78 is 67.4.